The lowest BCUT2D eigenvalue weighted by Crippen LogP contribution is -2.34. The first-order valence-electron chi connectivity index (χ1n) is 7.66. The summed E-state index contributed by atoms with van der Waals surface area (Å²) in [6.07, 6.45) is 5.21. The van der Waals surface area contributed by atoms with E-state index in [4.69, 9.17) is 10.1 Å². The van der Waals surface area contributed by atoms with Crippen molar-refractivity contribution in [1.82, 2.24) is 0 Å². The fourth-order valence-corrected chi connectivity index (χ4v) is 3.62. The molecule has 2 nitrogen and oxygen atoms in total. The van der Waals surface area contributed by atoms with E-state index in [1.165, 1.54) is 25.7 Å². The van der Waals surface area contributed by atoms with Crippen LogP contribution in [0.15, 0.2) is 24.3 Å². The van der Waals surface area contributed by atoms with Crippen LogP contribution in [0.1, 0.15) is 52.0 Å². The summed E-state index contributed by atoms with van der Waals surface area (Å²) in [7, 11) is 1.68. The normalized spacial score (nSPS) is 18.0. The molecule has 0 aromatic heterocycles. The molecule has 0 bridgehead atoms. The molecule has 110 valence electrons. The van der Waals surface area contributed by atoms with Crippen molar-refractivity contribution in [2.24, 2.45) is 17.3 Å². The fraction of sp³-hybridized carbons (Fsp3) is 0.611. The molecule has 1 fully saturated rings. The molecule has 1 N–H and O–H groups in total. The molecule has 1 aromatic rings. The average Bonchev–Trinajstić information content (AvgIpc) is 2.91. The van der Waals surface area contributed by atoms with Crippen molar-refractivity contribution in [1.29, 1.82) is 5.41 Å². The number of methoxy groups -OCH3 is 1. The van der Waals surface area contributed by atoms with Gasteiger partial charge in [-0.15, -0.1) is 0 Å². The predicted octanol–water partition coefficient (Wildman–Crippen LogP) is 4.92. The van der Waals surface area contributed by atoms with E-state index in [9.17, 15) is 0 Å². The van der Waals surface area contributed by atoms with Crippen molar-refractivity contribution in [2.45, 2.75) is 46.5 Å². The van der Waals surface area contributed by atoms with Gasteiger partial charge in [-0.1, -0.05) is 33.6 Å². The molecule has 1 aliphatic carbocycles. The summed E-state index contributed by atoms with van der Waals surface area (Å²) in [6.45, 7) is 6.82. The molecule has 1 aromatic carbocycles. The lowest BCUT2D eigenvalue weighted by molar-refractivity contribution is 0.228. The Morgan fingerprint density at radius 3 is 2.15 bits per heavy atom. The van der Waals surface area contributed by atoms with Crippen LogP contribution < -0.4 is 4.74 Å². The van der Waals surface area contributed by atoms with Gasteiger partial charge in [-0.05, 0) is 54.0 Å². The van der Waals surface area contributed by atoms with Gasteiger partial charge < -0.3 is 10.1 Å². The highest BCUT2D eigenvalue weighted by molar-refractivity contribution is 6.00. The molecule has 1 atom stereocenters. The Balaban J connectivity index is 2.25. The smallest absolute Gasteiger partial charge is 0.118 e. The highest BCUT2D eigenvalue weighted by atomic mass is 16.5. The topological polar surface area (TPSA) is 33.1 Å². The lowest BCUT2D eigenvalue weighted by Gasteiger charge is -2.36. The zero-order valence-corrected chi connectivity index (χ0v) is 13.2. The molecule has 1 unspecified atom stereocenters. The first kappa shape index (κ1) is 15.1. The zero-order valence-electron chi connectivity index (χ0n) is 13.2. The third-order valence-corrected chi connectivity index (χ3v) is 4.52. The molecule has 0 amide bonds. The Morgan fingerprint density at radius 1 is 1.15 bits per heavy atom. The molecule has 0 radical (unpaired) electrons. The Bertz CT molecular complexity index is 449. The second-order valence-electron chi connectivity index (χ2n) is 7.03. The molecule has 2 rings (SSSR count). The van der Waals surface area contributed by atoms with E-state index in [1.807, 2.05) is 24.3 Å². The van der Waals surface area contributed by atoms with E-state index in [2.05, 4.69) is 20.8 Å². The lowest BCUT2D eigenvalue weighted by atomic mass is 9.68. The van der Waals surface area contributed by atoms with Crippen LogP contribution >= 0.6 is 0 Å². The van der Waals surface area contributed by atoms with Crippen LogP contribution in [0.4, 0.5) is 0 Å². The number of rotatable bonds is 4. The standard InChI is InChI=1S/C18H27NO/c1-18(2,3)16(13-7-5-6-8-13)17(19)14-9-11-15(20-4)12-10-14/h9-13,16,19H,5-8H2,1-4H3. The molecule has 1 saturated carbocycles. The minimum atomic E-state index is 0.145. The van der Waals surface area contributed by atoms with E-state index >= 15 is 0 Å². The second-order valence-corrected chi connectivity index (χ2v) is 7.03. The predicted molar refractivity (Wildman–Crippen MR) is 84.7 cm³/mol. The van der Waals surface area contributed by atoms with Crippen LogP contribution in [-0.4, -0.2) is 12.8 Å². The number of nitrogens with one attached hydrogen (secondary N) is 1. The van der Waals surface area contributed by atoms with Crippen molar-refractivity contribution in [2.75, 3.05) is 7.11 Å². The van der Waals surface area contributed by atoms with Crippen LogP contribution in [-0.2, 0) is 0 Å². The van der Waals surface area contributed by atoms with Crippen LogP contribution in [0, 0.1) is 22.7 Å². The number of hydrogen-bond acceptors (Lipinski definition) is 2. The molecule has 1 aliphatic rings. The maximum Gasteiger partial charge on any atom is 0.118 e. The third kappa shape index (κ3) is 3.23. The van der Waals surface area contributed by atoms with Crippen molar-refractivity contribution < 1.29 is 4.74 Å². The largest absolute Gasteiger partial charge is 0.497 e. The summed E-state index contributed by atoms with van der Waals surface area (Å²) in [6, 6.07) is 7.96. The molecule has 20 heavy (non-hydrogen) atoms. The van der Waals surface area contributed by atoms with Crippen LogP contribution in [0.2, 0.25) is 0 Å². The zero-order chi connectivity index (χ0) is 14.8. The second kappa shape index (κ2) is 5.99. The van der Waals surface area contributed by atoms with E-state index in [0.29, 0.717) is 11.8 Å². The molecular formula is C18H27NO. The van der Waals surface area contributed by atoms with E-state index in [-0.39, 0.29) is 5.41 Å². The van der Waals surface area contributed by atoms with Gasteiger partial charge >= 0.3 is 0 Å². The van der Waals surface area contributed by atoms with Crippen molar-refractivity contribution in [3.05, 3.63) is 29.8 Å². The van der Waals surface area contributed by atoms with Gasteiger partial charge in [-0.3, -0.25) is 0 Å². The quantitative estimate of drug-likeness (QED) is 0.776. The summed E-state index contributed by atoms with van der Waals surface area (Å²) >= 11 is 0. The van der Waals surface area contributed by atoms with Gasteiger partial charge in [-0.2, -0.15) is 0 Å². The van der Waals surface area contributed by atoms with Gasteiger partial charge in [0, 0.05) is 11.6 Å². The van der Waals surface area contributed by atoms with Crippen LogP contribution in [0.25, 0.3) is 0 Å². The Morgan fingerprint density at radius 2 is 1.70 bits per heavy atom. The Hall–Kier alpha value is -1.31. The highest BCUT2D eigenvalue weighted by Crippen LogP contribution is 2.42. The molecule has 0 saturated heterocycles. The minimum absolute atomic E-state index is 0.145. The molecule has 0 aliphatic heterocycles. The maximum atomic E-state index is 8.69. The molecule has 0 spiro atoms. The number of hydrogen-bond donors (Lipinski definition) is 1. The number of benzene rings is 1. The Labute approximate surface area is 123 Å². The van der Waals surface area contributed by atoms with Crippen molar-refractivity contribution in [3.63, 3.8) is 0 Å². The van der Waals surface area contributed by atoms with E-state index in [1.54, 1.807) is 7.11 Å². The van der Waals surface area contributed by atoms with Gasteiger partial charge in [0.05, 0.1) is 7.11 Å². The van der Waals surface area contributed by atoms with Gasteiger partial charge in [0.2, 0.25) is 0 Å². The fourth-order valence-electron chi connectivity index (χ4n) is 3.62. The van der Waals surface area contributed by atoms with E-state index < -0.39 is 0 Å². The van der Waals surface area contributed by atoms with Gasteiger partial charge in [0.1, 0.15) is 5.75 Å². The van der Waals surface area contributed by atoms with Gasteiger partial charge in [0.15, 0.2) is 0 Å². The third-order valence-electron chi connectivity index (χ3n) is 4.52. The average molecular weight is 273 g/mol. The van der Waals surface area contributed by atoms with Crippen LogP contribution in [0.3, 0.4) is 0 Å². The van der Waals surface area contributed by atoms with Crippen molar-refractivity contribution in [3.8, 4) is 5.75 Å². The summed E-state index contributed by atoms with van der Waals surface area (Å²) in [5.74, 6) is 1.87. The first-order valence-corrected chi connectivity index (χ1v) is 7.66. The van der Waals surface area contributed by atoms with Crippen LogP contribution in [0.5, 0.6) is 5.75 Å². The molecule has 0 heterocycles. The monoisotopic (exact) mass is 273 g/mol. The first-order chi connectivity index (χ1) is 9.43. The van der Waals surface area contributed by atoms with Gasteiger partial charge in [-0.25, -0.2) is 0 Å². The summed E-state index contributed by atoms with van der Waals surface area (Å²) in [5.41, 5.74) is 1.98. The summed E-state index contributed by atoms with van der Waals surface area (Å²) in [4.78, 5) is 0. The minimum Gasteiger partial charge on any atom is -0.497 e. The van der Waals surface area contributed by atoms with E-state index in [0.717, 1.165) is 17.0 Å². The maximum absolute atomic E-state index is 8.69. The molecular weight excluding hydrogens is 246 g/mol. The summed E-state index contributed by atoms with van der Waals surface area (Å²) < 4.78 is 5.21. The summed E-state index contributed by atoms with van der Waals surface area (Å²) in [5, 5.41) is 8.69. The SMILES string of the molecule is COc1ccc(C(=N)C(C2CCCC2)C(C)(C)C)cc1. The highest BCUT2D eigenvalue weighted by Gasteiger charge is 2.37. The molecule has 2 heteroatoms. The Kier molecular flexibility index (Phi) is 4.52. The van der Waals surface area contributed by atoms with Crippen molar-refractivity contribution >= 4 is 5.71 Å². The number of ether oxygens (including phenoxy) is 1. The van der Waals surface area contributed by atoms with Gasteiger partial charge in [0.25, 0.3) is 0 Å².